The molecule has 1 unspecified atom stereocenters. The van der Waals surface area contributed by atoms with Crippen molar-refractivity contribution in [1.82, 2.24) is 9.78 Å². The predicted octanol–water partition coefficient (Wildman–Crippen LogP) is 4.83. The fourth-order valence-corrected chi connectivity index (χ4v) is 2.88. The number of benzene rings is 2. The second kappa shape index (κ2) is 9.42. The highest BCUT2D eigenvalue weighted by atomic mass is 35.5. The van der Waals surface area contributed by atoms with Gasteiger partial charge in [-0.15, -0.1) is 5.10 Å². The smallest absolute Gasteiger partial charge is 0.312 e. The Morgan fingerprint density at radius 1 is 1.14 bits per heavy atom. The minimum atomic E-state index is -0.363. The van der Waals surface area contributed by atoms with Crippen LogP contribution in [0, 0.1) is 5.92 Å². The summed E-state index contributed by atoms with van der Waals surface area (Å²) in [4.78, 5) is 11.8. The summed E-state index contributed by atoms with van der Waals surface area (Å²) in [6.07, 6.45) is 0. The lowest BCUT2D eigenvalue weighted by atomic mass is 10.1. The minimum absolute atomic E-state index is 0.210. The Balaban J connectivity index is 1.82. The second-order valence-corrected chi connectivity index (χ2v) is 6.92. The van der Waals surface area contributed by atoms with Crippen LogP contribution in [0.15, 0.2) is 60.7 Å². The van der Waals surface area contributed by atoms with Crippen molar-refractivity contribution >= 4 is 17.6 Å². The van der Waals surface area contributed by atoms with Crippen LogP contribution >= 0.6 is 11.6 Å². The van der Waals surface area contributed by atoms with Gasteiger partial charge < -0.3 is 9.47 Å². The van der Waals surface area contributed by atoms with E-state index in [0.717, 1.165) is 16.8 Å². The molecule has 0 aliphatic heterocycles. The third-order valence-electron chi connectivity index (χ3n) is 4.24. The van der Waals surface area contributed by atoms with Crippen molar-refractivity contribution in [3.05, 3.63) is 71.2 Å². The molecule has 0 amide bonds. The Bertz CT molecular complexity index is 907. The molecule has 0 aliphatic carbocycles. The summed E-state index contributed by atoms with van der Waals surface area (Å²) in [5.74, 6) is -0.167. The van der Waals surface area contributed by atoms with E-state index >= 15 is 0 Å². The van der Waals surface area contributed by atoms with Crippen molar-refractivity contribution in [2.75, 3.05) is 13.2 Å². The number of carbonyl (C=O) groups excluding carboxylic acids is 1. The van der Waals surface area contributed by atoms with Crippen LogP contribution in [0.2, 0.25) is 5.02 Å². The first kappa shape index (κ1) is 20.0. The number of nitrogens with zero attached hydrogens (tertiary/aromatic N) is 2. The van der Waals surface area contributed by atoms with Crippen molar-refractivity contribution in [2.45, 2.75) is 20.4 Å². The summed E-state index contributed by atoms with van der Waals surface area (Å²) < 4.78 is 12.7. The largest absolute Gasteiger partial charge is 0.476 e. The van der Waals surface area contributed by atoms with Gasteiger partial charge in [-0.25, -0.2) is 0 Å². The molecule has 0 bridgehead atoms. The van der Waals surface area contributed by atoms with E-state index in [2.05, 4.69) is 17.2 Å². The fraction of sp³-hybridized carbons (Fsp3) is 0.273. The van der Waals surface area contributed by atoms with Gasteiger partial charge in [0.2, 0.25) is 5.88 Å². The van der Waals surface area contributed by atoms with E-state index in [1.165, 1.54) is 0 Å². The van der Waals surface area contributed by atoms with Crippen LogP contribution < -0.4 is 4.74 Å². The Labute approximate surface area is 169 Å². The van der Waals surface area contributed by atoms with Gasteiger partial charge in [-0.2, -0.15) is 0 Å². The predicted molar refractivity (Wildman–Crippen MR) is 110 cm³/mol. The van der Waals surface area contributed by atoms with Crippen molar-refractivity contribution in [1.29, 1.82) is 0 Å². The average molecular weight is 399 g/mol. The summed E-state index contributed by atoms with van der Waals surface area (Å²) in [5, 5.41) is 5.27. The van der Waals surface area contributed by atoms with Crippen LogP contribution in [0.4, 0.5) is 0 Å². The van der Waals surface area contributed by atoms with Crippen LogP contribution in [0.5, 0.6) is 5.88 Å². The van der Waals surface area contributed by atoms with Crippen molar-refractivity contribution in [2.24, 2.45) is 5.92 Å². The van der Waals surface area contributed by atoms with Crippen LogP contribution in [0.3, 0.4) is 0 Å². The molecule has 146 valence electrons. The van der Waals surface area contributed by atoms with Gasteiger partial charge in [-0.05, 0) is 31.5 Å². The monoisotopic (exact) mass is 398 g/mol. The number of aromatic nitrogens is 2. The molecule has 5 nitrogen and oxygen atoms in total. The molecule has 2 aromatic carbocycles. The number of ether oxygens (including phenoxy) is 2. The minimum Gasteiger partial charge on any atom is -0.476 e. The molecule has 0 fully saturated rings. The normalized spacial score (nSPS) is 11.8. The third kappa shape index (κ3) is 5.14. The number of halogens is 1. The van der Waals surface area contributed by atoms with E-state index in [4.69, 9.17) is 21.1 Å². The number of hydrogen-bond donors (Lipinski definition) is 0. The molecular formula is C22H23ClN2O3. The van der Waals surface area contributed by atoms with Gasteiger partial charge in [-0.3, -0.25) is 9.48 Å². The number of rotatable bonds is 8. The number of carbonyl (C=O) groups is 1. The molecule has 0 radical (unpaired) electrons. The van der Waals surface area contributed by atoms with E-state index in [1.54, 1.807) is 13.8 Å². The standard InChI is InChI=1S/C22H23ClN2O3/c1-3-27-22(26)16(2)15-28-21-13-20(18-9-11-19(23)12-10-18)25(24-21)14-17-7-5-4-6-8-17/h4-13,16H,3,14-15H2,1-2H3. The van der Waals surface area contributed by atoms with Crippen LogP contribution in [-0.4, -0.2) is 29.0 Å². The van der Waals surface area contributed by atoms with Gasteiger partial charge in [0.15, 0.2) is 0 Å². The molecule has 0 aliphatic rings. The molecule has 1 atom stereocenters. The molecule has 0 saturated heterocycles. The molecule has 0 spiro atoms. The lowest BCUT2D eigenvalue weighted by Gasteiger charge is -2.10. The first-order chi connectivity index (χ1) is 13.6. The lowest BCUT2D eigenvalue weighted by molar-refractivity contribution is -0.148. The van der Waals surface area contributed by atoms with Crippen LogP contribution in [0.25, 0.3) is 11.3 Å². The molecule has 6 heteroatoms. The maximum atomic E-state index is 11.8. The van der Waals surface area contributed by atoms with E-state index in [9.17, 15) is 4.79 Å². The Hall–Kier alpha value is -2.79. The SMILES string of the molecule is CCOC(=O)C(C)COc1cc(-c2ccc(Cl)cc2)n(Cc2ccccc2)n1. The van der Waals surface area contributed by atoms with Crippen LogP contribution in [0.1, 0.15) is 19.4 Å². The number of hydrogen-bond acceptors (Lipinski definition) is 4. The highest BCUT2D eigenvalue weighted by molar-refractivity contribution is 6.30. The summed E-state index contributed by atoms with van der Waals surface area (Å²) >= 11 is 6.02. The first-order valence-electron chi connectivity index (χ1n) is 9.24. The third-order valence-corrected chi connectivity index (χ3v) is 4.49. The number of esters is 1. The Kier molecular flexibility index (Phi) is 6.71. The summed E-state index contributed by atoms with van der Waals surface area (Å²) in [6, 6.07) is 19.6. The van der Waals surface area contributed by atoms with Gasteiger partial charge in [0.05, 0.1) is 24.8 Å². The van der Waals surface area contributed by atoms with Gasteiger partial charge in [0.25, 0.3) is 0 Å². The van der Waals surface area contributed by atoms with Crippen molar-refractivity contribution in [3.8, 4) is 17.1 Å². The second-order valence-electron chi connectivity index (χ2n) is 6.48. The summed E-state index contributed by atoms with van der Waals surface area (Å²) in [5.41, 5.74) is 3.03. The molecule has 1 heterocycles. The fourth-order valence-electron chi connectivity index (χ4n) is 2.76. The first-order valence-corrected chi connectivity index (χ1v) is 9.61. The van der Waals surface area contributed by atoms with Gasteiger partial charge >= 0.3 is 5.97 Å². The van der Waals surface area contributed by atoms with Gasteiger partial charge in [0.1, 0.15) is 6.61 Å². The molecule has 3 aromatic rings. The Morgan fingerprint density at radius 3 is 2.54 bits per heavy atom. The molecule has 0 saturated carbocycles. The molecule has 3 rings (SSSR count). The van der Waals surface area contributed by atoms with Crippen molar-refractivity contribution < 1.29 is 14.3 Å². The van der Waals surface area contributed by atoms with E-state index in [0.29, 0.717) is 24.1 Å². The lowest BCUT2D eigenvalue weighted by Crippen LogP contribution is -2.21. The van der Waals surface area contributed by atoms with Gasteiger partial charge in [0, 0.05) is 16.7 Å². The summed E-state index contributed by atoms with van der Waals surface area (Å²) in [6.45, 7) is 4.74. The van der Waals surface area contributed by atoms with E-state index < -0.39 is 0 Å². The zero-order valence-corrected chi connectivity index (χ0v) is 16.7. The molecule has 1 aromatic heterocycles. The van der Waals surface area contributed by atoms with E-state index in [1.807, 2.05) is 53.2 Å². The van der Waals surface area contributed by atoms with E-state index in [-0.39, 0.29) is 18.5 Å². The quantitative estimate of drug-likeness (QED) is 0.510. The zero-order chi connectivity index (χ0) is 19.9. The molecule has 28 heavy (non-hydrogen) atoms. The maximum Gasteiger partial charge on any atom is 0.312 e. The molecule has 0 N–H and O–H groups in total. The van der Waals surface area contributed by atoms with Crippen molar-refractivity contribution in [3.63, 3.8) is 0 Å². The Morgan fingerprint density at radius 2 is 1.86 bits per heavy atom. The molecular weight excluding hydrogens is 376 g/mol. The van der Waals surface area contributed by atoms with Gasteiger partial charge in [-0.1, -0.05) is 54.1 Å². The highest BCUT2D eigenvalue weighted by Gasteiger charge is 2.17. The average Bonchev–Trinajstić information content (AvgIpc) is 3.10. The highest BCUT2D eigenvalue weighted by Crippen LogP contribution is 2.26. The van der Waals surface area contributed by atoms with Crippen LogP contribution in [-0.2, 0) is 16.1 Å². The summed E-state index contributed by atoms with van der Waals surface area (Å²) in [7, 11) is 0. The zero-order valence-electron chi connectivity index (χ0n) is 16.0. The maximum absolute atomic E-state index is 11.8. The topological polar surface area (TPSA) is 53.4 Å².